The maximum atomic E-state index is 12.1. The van der Waals surface area contributed by atoms with Gasteiger partial charge in [0.15, 0.2) is 5.78 Å². The van der Waals surface area contributed by atoms with Crippen molar-refractivity contribution in [3.8, 4) is 0 Å². The molecule has 2 saturated carbocycles. The zero-order valence-corrected chi connectivity index (χ0v) is 17.8. The van der Waals surface area contributed by atoms with E-state index in [4.69, 9.17) is 16.3 Å². The Morgan fingerprint density at radius 2 is 2.04 bits per heavy atom. The molecule has 27 heavy (non-hydrogen) atoms. The first-order valence-corrected chi connectivity index (χ1v) is 10.9. The van der Waals surface area contributed by atoms with E-state index in [1.807, 2.05) is 12.2 Å². The Labute approximate surface area is 168 Å². The van der Waals surface area contributed by atoms with E-state index in [1.165, 1.54) is 5.57 Å². The van der Waals surface area contributed by atoms with Crippen LogP contribution in [-0.4, -0.2) is 30.2 Å². The van der Waals surface area contributed by atoms with Crippen LogP contribution in [0.25, 0.3) is 0 Å². The minimum absolute atomic E-state index is 0.136. The van der Waals surface area contributed by atoms with Gasteiger partial charge in [-0.2, -0.15) is 0 Å². The van der Waals surface area contributed by atoms with Gasteiger partial charge in [0.1, 0.15) is 5.60 Å². The topological polar surface area (TPSA) is 46.5 Å². The van der Waals surface area contributed by atoms with E-state index in [1.54, 1.807) is 7.11 Å². The maximum absolute atomic E-state index is 12.1. The number of ether oxygens (including phenoxy) is 1. The van der Waals surface area contributed by atoms with E-state index in [-0.39, 0.29) is 17.4 Å². The van der Waals surface area contributed by atoms with E-state index < -0.39 is 5.60 Å². The number of allylic oxidation sites excluding steroid dienone is 3. The molecule has 1 N–H and O–H groups in total. The van der Waals surface area contributed by atoms with E-state index in [0.717, 1.165) is 32.1 Å². The number of hydrogen-bond donors (Lipinski definition) is 1. The number of halogens is 1. The van der Waals surface area contributed by atoms with Crippen molar-refractivity contribution in [1.82, 2.24) is 0 Å². The zero-order chi connectivity index (χ0) is 19.6. The fourth-order valence-electron chi connectivity index (χ4n) is 7.29. The Morgan fingerprint density at radius 1 is 1.30 bits per heavy atom. The number of methoxy groups -OCH3 is 1. The first-order valence-electron chi connectivity index (χ1n) is 10.5. The lowest BCUT2D eigenvalue weighted by Gasteiger charge is -2.64. The van der Waals surface area contributed by atoms with Gasteiger partial charge in [-0.05, 0) is 67.3 Å². The van der Waals surface area contributed by atoms with Crippen molar-refractivity contribution >= 4 is 17.4 Å². The molecule has 0 aliphatic heterocycles. The number of hydrogen-bond acceptors (Lipinski definition) is 3. The molecular weight excluding hydrogens is 360 g/mol. The van der Waals surface area contributed by atoms with Gasteiger partial charge in [0.25, 0.3) is 0 Å². The molecule has 0 aromatic carbocycles. The quantitative estimate of drug-likeness (QED) is 0.728. The molecule has 0 amide bonds. The summed E-state index contributed by atoms with van der Waals surface area (Å²) < 4.78 is 5.43. The van der Waals surface area contributed by atoms with Crippen LogP contribution in [0.1, 0.15) is 59.3 Å². The summed E-state index contributed by atoms with van der Waals surface area (Å²) in [7, 11) is 1.64. The van der Waals surface area contributed by atoms with Gasteiger partial charge in [0.2, 0.25) is 0 Å². The second-order valence-electron chi connectivity index (χ2n) is 10.1. The molecule has 150 valence electrons. The highest BCUT2D eigenvalue weighted by atomic mass is 35.5. The highest BCUT2D eigenvalue weighted by Crippen LogP contribution is 2.67. The summed E-state index contributed by atoms with van der Waals surface area (Å²) in [5.74, 6) is 2.33. The van der Waals surface area contributed by atoms with Gasteiger partial charge in [0.05, 0.1) is 6.61 Å². The van der Waals surface area contributed by atoms with Crippen LogP contribution in [0.3, 0.4) is 0 Å². The molecule has 0 unspecified atom stereocenters. The summed E-state index contributed by atoms with van der Waals surface area (Å²) in [5.41, 5.74) is 0.146. The third kappa shape index (κ3) is 2.57. The number of carbonyl (C=O) groups is 1. The van der Waals surface area contributed by atoms with Crippen LogP contribution in [0.2, 0.25) is 0 Å². The first-order chi connectivity index (χ1) is 12.7. The molecule has 4 aliphatic carbocycles. The lowest BCUT2D eigenvalue weighted by atomic mass is 9.41. The number of ketones is 1. The second kappa shape index (κ2) is 6.43. The summed E-state index contributed by atoms with van der Waals surface area (Å²) in [6.07, 6.45) is 9.64. The van der Waals surface area contributed by atoms with Gasteiger partial charge in [0, 0.05) is 24.0 Å². The molecule has 7 atom stereocenters. The molecule has 0 radical (unpaired) electrons. The van der Waals surface area contributed by atoms with Gasteiger partial charge in [-0.3, -0.25) is 4.79 Å². The average molecular weight is 393 g/mol. The molecular formula is C23H33ClO3. The van der Waals surface area contributed by atoms with Crippen LogP contribution in [0.4, 0.5) is 0 Å². The van der Waals surface area contributed by atoms with Gasteiger partial charge in [-0.15, -0.1) is 0 Å². The van der Waals surface area contributed by atoms with Crippen LogP contribution in [0.15, 0.2) is 22.8 Å². The highest BCUT2D eigenvalue weighted by molar-refractivity contribution is 6.30. The summed E-state index contributed by atoms with van der Waals surface area (Å²) >= 11 is 6.56. The van der Waals surface area contributed by atoms with Gasteiger partial charge in [-0.1, -0.05) is 44.0 Å². The van der Waals surface area contributed by atoms with Crippen molar-refractivity contribution in [1.29, 1.82) is 0 Å². The van der Waals surface area contributed by atoms with Crippen molar-refractivity contribution in [2.75, 3.05) is 13.7 Å². The van der Waals surface area contributed by atoms with Crippen LogP contribution in [0.5, 0.6) is 0 Å². The third-order valence-corrected chi connectivity index (χ3v) is 9.41. The molecule has 4 rings (SSSR count). The number of rotatable bonds is 2. The summed E-state index contributed by atoms with van der Waals surface area (Å²) in [6, 6.07) is 0. The van der Waals surface area contributed by atoms with Crippen LogP contribution < -0.4 is 0 Å². The number of carbonyl (C=O) groups excluding carboxylic acids is 1. The van der Waals surface area contributed by atoms with Crippen molar-refractivity contribution in [2.45, 2.75) is 64.9 Å². The lowest BCUT2D eigenvalue weighted by molar-refractivity contribution is -0.178. The second-order valence-corrected chi connectivity index (χ2v) is 10.5. The van der Waals surface area contributed by atoms with Crippen molar-refractivity contribution < 1.29 is 14.6 Å². The smallest absolute Gasteiger partial charge is 0.155 e. The molecule has 0 aromatic heterocycles. The predicted octanol–water partition coefficient (Wildman–Crippen LogP) is 4.87. The minimum Gasteiger partial charge on any atom is -0.381 e. The largest absolute Gasteiger partial charge is 0.381 e. The molecule has 3 nitrogen and oxygen atoms in total. The van der Waals surface area contributed by atoms with Gasteiger partial charge < -0.3 is 9.84 Å². The number of fused-ring (bicyclic) bond motifs is 5. The van der Waals surface area contributed by atoms with Crippen LogP contribution >= 0.6 is 11.6 Å². The Hall–Kier alpha value is -0.640. The highest BCUT2D eigenvalue weighted by Gasteiger charge is 2.64. The van der Waals surface area contributed by atoms with Gasteiger partial charge >= 0.3 is 0 Å². The monoisotopic (exact) mass is 392 g/mol. The van der Waals surface area contributed by atoms with E-state index in [2.05, 4.69) is 20.8 Å². The van der Waals surface area contributed by atoms with E-state index in [0.29, 0.717) is 40.9 Å². The summed E-state index contributed by atoms with van der Waals surface area (Å²) in [4.78, 5) is 12.1. The van der Waals surface area contributed by atoms with E-state index in [9.17, 15) is 9.90 Å². The maximum Gasteiger partial charge on any atom is 0.155 e. The van der Waals surface area contributed by atoms with Crippen molar-refractivity contribution in [3.63, 3.8) is 0 Å². The molecule has 0 spiro atoms. The Bertz CT molecular complexity index is 712. The van der Waals surface area contributed by atoms with Gasteiger partial charge in [-0.25, -0.2) is 0 Å². The van der Waals surface area contributed by atoms with E-state index >= 15 is 0 Å². The molecule has 0 bridgehead atoms. The first kappa shape index (κ1) is 19.7. The molecule has 0 aromatic rings. The lowest BCUT2D eigenvalue weighted by Crippen LogP contribution is -2.63. The Kier molecular flexibility index (Phi) is 4.69. The third-order valence-electron chi connectivity index (χ3n) is 8.94. The molecule has 4 heteroatoms. The molecule has 2 fully saturated rings. The summed E-state index contributed by atoms with van der Waals surface area (Å²) in [6.45, 7) is 7.22. The summed E-state index contributed by atoms with van der Waals surface area (Å²) in [5, 5.41) is 12.2. The van der Waals surface area contributed by atoms with Crippen LogP contribution in [0, 0.1) is 34.5 Å². The molecule has 0 saturated heterocycles. The molecule has 0 heterocycles. The standard InChI is InChI=1S/C23H33ClO3/c1-14-11-15-12-16(25)7-9-21(15,2)17-8-10-22(3)18(20(14)17)5-6-19(24)23(22,26)13-27-4/h6,12,14,17-18,20,26H,5,7-11,13H2,1-4H3/t14-,17+,18+,20-,21+,22+,23+/m1/s1. The van der Waals surface area contributed by atoms with Crippen molar-refractivity contribution in [3.05, 3.63) is 22.8 Å². The van der Waals surface area contributed by atoms with Crippen molar-refractivity contribution in [2.24, 2.45) is 34.5 Å². The minimum atomic E-state index is -1.10. The number of aliphatic hydroxyl groups is 1. The fourth-order valence-corrected chi connectivity index (χ4v) is 7.65. The average Bonchev–Trinajstić information content (AvgIpc) is 2.61. The SMILES string of the molecule is COC[C@]1(O)C(Cl)=CC[C@H]2[C@@H]3[C@H](C)CC4=CC(=O)CC[C@]4(C)[C@H]3CC[C@@]21C. The normalized spacial score (nSPS) is 49.5. The molecule has 4 aliphatic rings. The zero-order valence-electron chi connectivity index (χ0n) is 17.1. The predicted molar refractivity (Wildman–Crippen MR) is 107 cm³/mol. The Morgan fingerprint density at radius 3 is 2.74 bits per heavy atom. The van der Waals surface area contributed by atoms with Crippen LogP contribution in [-0.2, 0) is 9.53 Å². The Balaban J connectivity index is 1.76. The fraction of sp³-hybridized carbons (Fsp3) is 0.783.